The quantitative estimate of drug-likeness (QED) is 0.812. The summed E-state index contributed by atoms with van der Waals surface area (Å²) in [5.74, 6) is -0.547. The first-order valence-corrected chi connectivity index (χ1v) is 10.8. The van der Waals surface area contributed by atoms with Gasteiger partial charge in [0.1, 0.15) is 5.82 Å². The summed E-state index contributed by atoms with van der Waals surface area (Å²) in [4.78, 5) is 14.5. The third kappa shape index (κ3) is 3.37. The summed E-state index contributed by atoms with van der Waals surface area (Å²) in [7, 11) is -3.36. The van der Waals surface area contributed by atoms with Gasteiger partial charge in [0.15, 0.2) is 0 Å². The minimum atomic E-state index is -3.36. The fourth-order valence-corrected chi connectivity index (χ4v) is 5.53. The molecule has 7 heteroatoms. The molecular formula is C20H21FN2O3S. The van der Waals surface area contributed by atoms with Crippen LogP contribution in [0.25, 0.3) is 0 Å². The van der Waals surface area contributed by atoms with Crippen molar-refractivity contribution in [3.8, 4) is 0 Å². The zero-order valence-corrected chi connectivity index (χ0v) is 15.8. The number of hydrogen-bond acceptors (Lipinski definition) is 3. The lowest BCUT2D eigenvalue weighted by atomic mass is 9.90. The molecule has 0 radical (unpaired) electrons. The van der Waals surface area contributed by atoms with E-state index in [0.29, 0.717) is 25.2 Å². The van der Waals surface area contributed by atoms with Crippen LogP contribution in [0.2, 0.25) is 0 Å². The van der Waals surface area contributed by atoms with E-state index in [0.717, 1.165) is 5.56 Å². The molecule has 27 heavy (non-hydrogen) atoms. The summed E-state index contributed by atoms with van der Waals surface area (Å²) in [6, 6.07) is 15.0. The van der Waals surface area contributed by atoms with Crippen LogP contribution in [0.3, 0.4) is 0 Å². The number of benzene rings is 2. The first-order chi connectivity index (χ1) is 12.8. The molecule has 0 spiro atoms. The Bertz CT molecular complexity index is 964. The number of amides is 1. The number of fused-ring (bicyclic) bond motifs is 1. The molecule has 3 atom stereocenters. The Kier molecular flexibility index (Phi) is 4.52. The van der Waals surface area contributed by atoms with Gasteiger partial charge in [-0.25, -0.2) is 12.8 Å². The lowest BCUT2D eigenvalue weighted by Crippen LogP contribution is -2.37. The number of sulfonamides is 1. The zero-order chi connectivity index (χ0) is 19.2. The summed E-state index contributed by atoms with van der Waals surface area (Å²) in [5.41, 5.74) is 1.27. The van der Waals surface area contributed by atoms with E-state index in [1.165, 1.54) is 24.5 Å². The van der Waals surface area contributed by atoms with Crippen molar-refractivity contribution in [3.63, 3.8) is 0 Å². The Balaban J connectivity index is 1.62. The highest BCUT2D eigenvalue weighted by Crippen LogP contribution is 2.46. The maximum Gasteiger partial charge on any atom is 0.253 e. The number of nitrogens with zero attached hydrogens (tertiary/aromatic N) is 2. The Morgan fingerprint density at radius 3 is 2.44 bits per heavy atom. The first-order valence-electron chi connectivity index (χ1n) is 8.91. The van der Waals surface area contributed by atoms with Crippen LogP contribution in [0.5, 0.6) is 0 Å². The van der Waals surface area contributed by atoms with Gasteiger partial charge in [0, 0.05) is 31.1 Å². The van der Waals surface area contributed by atoms with Gasteiger partial charge in [-0.15, -0.1) is 0 Å². The molecule has 0 aromatic heterocycles. The van der Waals surface area contributed by atoms with Crippen molar-refractivity contribution < 1.29 is 17.6 Å². The third-order valence-corrected chi connectivity index (χ3v) is 6.78. The highest BCUT2D eigenvalue weighted by atomic mass is 32.2. The highest BCUT2D eigenvalue weighted by Gasteiger charge is 2.51. The van der Waals surface area contributed by atoms with Gasteiger partial charge in [-0.05, 0) is 29.7 Å². The van der Waals surface area contributed by atoms with Crippen LogP contribution < -0.4 is 0 Å². The predicted molar refractivity (Wildman–Crippen MR) is 100 cm³/mol. The van der Waals surface area contributed by atoms with E-state index >= 15 is 0 Å². The smallest absolute Gasteiger partial charge is 0.253 e. The number of rotatable bonds is 3. The minimum Gasteiger partial charge on any atom is -0.338 e. The maximum atomic E-state index is 13.5. The topological polar surface area (TPSA) is 57.7 Å². The van der Waals surface area contributed by atoms with Gasteiger partial charge < -0.3 is 4.90 Å². The second-order valence-electron chi connectivity index (χ2n) is 7.33. The molecule has 2 aromatic rings. The van der Waals surface area contributed by atoms with Crippen LogP contribution in [0.1, 0.15) is 22.0 Å². The number of halogens is 1. The molecule has 142 valence electrons. The molecule has 4 rings (SSSR count). The summed E-state index contributed by atoms with van der Waals surface area (Å²) >= 11 is 0. The first kappa shape index (κ1) is 18.1. The number of carbonyl (C=O) groups is 1. The van der Waals surface area contributed by atoms with E-state index in [1.807, 2.05) is 30.3 Å². The Morgan fingerprint density at radius 2 is 1.78 bits per heavy atom. The molecule has 2 heterocycles. The van der Waals surface area contributed by atoms with Crippen LogP contribution in [-0.2, 0) is 10.0 Å². The molecule has 5 nitrogen and oxygen atoms in total. The summed E-state index contributed by atoms with van der Waals surface area (Å²) in [5, 5.41) is 0. The van der Waals surface area contributed by atoms with Crippen molar-refractivity contribution in [1.29, 1.82) is 0 Å². The lowest BCUT2D eigenvalue weighted by molar-refractivity contribution is 0.0773. The zero-order valence-electron chi connectivity index (χ0n) is 15.0. The van der Waals surface area contributed by atoms with E-state index in [9.17, 15) is 17.6 Å². The maximum absolute atomic E-state index is 13.5. The molecule has 0 bridgehead atoms. The Labute approximate surface area is 158 Å². The molecule has 1 amide bonds. The second kappa shape index (κ2) is 6.73. The highest BCUT2D eigenvalue weighted by molar-refractivity contribution is 7.88. The average Bonchev–Trinajstić information content (AvgIpc) is 3.19. The van der Waals surface area contributed by atoms with Crippen molar-refractivity contribution in [1.82, 2.24) is 9.21 Å². The molecule has 0 aliphatic carbocycles. The van der Waals surface area contributed by atoms with Crippen molar-refractivity contribution in [3.05, 3.63) is 71.5 Å². The monoisotopic (exact) mass is 388 g/mol. The second-order valence-corrected chi connectivity index (χ2v) is 9.27. The summed E-state index contributed by atoms with van der Waals surface area (Å²) in [6.07, 6.45) is 1.24. The van der Waals surface area contributed by atoms with Gasteiger partial charge in [0.25, 0.3) is 5.91 Å². The fourth-order valence-electron chi connectivity index (χ4n) is 4.38. The molecule has 2 aliphatic rings. The fraction of sp³-hybridized carbons (Fsp3) is 0.350. The molecule has 0 saturated carbocycles. The largest absolute Gasteiger partial charge is 0.338 e. The van der Waals surface area contributed by atoms with Crippen molar-refractivity contribution in [2.24, 2.45) is 11.8 Å². The van der Waals surface area contributed by atoms with Crippen molar-refractivity contribution >= 4 is 15.9 Å². The minimum absolute atomic E-state index is 0.0274. The molecule has 0 N–H and O–H groups in total. The molecule has 2 aliphatic heterocycles. The average molecular weight is 388 g/mol. The van der Waals surface area contributed by atoms with Gasteiger partial charge in [-0.3, -0.25) is 4.79 Å². The van der Waals surface area contributed by atoms with E-state index < -0.39 is 15.8 Å². The standard InChI is InChI=1S/C20H21FN2O3S/c1-27(25,26)23-12-16-11-22(20(24)15-8-5-9-17(21)10-15)13-18(16)19(23)14-6-3-2-4-7-14/h2-10,16,18-19H,11-13H2,1H3/t16-,18-,19+/m1/s1. The van der Waals surface area contributed by atoms with Gasteiger partial charge in [0.05, 0.1) is 12.3 Å². The number of likely N-dealkylation sites (tertiary alicyclic amines) is 1. The summed E-state index contributed by atoms with van der Waals surface area (Å²) < 4.78 is 39.7. The van der Waals surface area contributed by atoms with Gasteiger partial charge in [0.2, 0.25) is 10.0 Å². The normalized spacial score (nSPS) is 25.6. The van der Waals surface area contributed by atoms with E-state index in [-0.39, 0.29) is 23.8 Å². The van der Waals surface area contributed by atoms with E-state index in [1.54, 1.807) is 15.3 Å². The summed E-state index contributed by atoms with van der Waals surface area (Å²) in [6.45, 7) is 1.34. The van der Waals surface area contributed by atoms with Crippen LogP contribution in [0, 0.1) is 17.7 Å². The third-order valence-electron chi connectivity index (χ3n) is 5.55. The predicted octanol–water partition coefficient (Wildman–Crippen LogP) is 2.53. The molecule has 0 unspecified atom stereocenters. The Morgan fingerprint density at radius 1 is 1.04 bits per heavy atom. The van der Waals surface area contributed by atoms with Crippen LogP contribution in [0.4, 0.5) is 4.39 Å². The van der Waals surface area contributed by atoms with Crippen LogP contribution in [-0.4, -0.2) is 49.4 Å². The van der Waals surface area contributed by atoms with Gasteiger partial charge >= 0.3 is 0 Å². The van der Waals surface area contributed by atoms with Crippen molar-refractivity contribution in [2.75, 3.05) is 25.9 Å². The lowest BCUT2D eigenvalue weighted by Gasteiger charge is -2.28. The van der Waals surface area contributed by atoms with E-state index in [4.69, 9.17) is 0 Å². The Hall–Kier alpha value is -2.25. The van der Waals surface area contributed by atoms with Crippen LogP contribution in [0.15, 0.2) is 54.6 Å². The van der Waals surface area contributed by atoms with Crippen molar-refractivity contribution in [2.45, 2.75) is 6.04 Å². The molecule has 2 saturated heterocycles. The number of hydrogen-bond donors (Lipinski definition) is 0. The SMILES string of the molecule is CS(=O)(=O)N1C[C@H]2CN(C(=O)c3cccc(F)c3)C[C@H]2[C@@H]1c1ccccc1. The molecular weight excluding hydrogens is 367 g/mol. The van der Waals surface area contributed by atoms with Gasteiger partial charge in [-0.1, -0.05) is 36.4 Å². The van der Waals surface area contributed by atoms with E-state index in [2.05, 4.69) is 0 Å². The molecule has 2 fully saturated rings. The van der Waals surface area contributed by atoms with Gasteiger partial charge in [-0.2, -0.15) is 4.31 Å². The van der Waals surface area contributed by atoms with Crippen LogP contribution >= 0.6 is 0 Å². The number of carbonyl (C=O) groups excluding carboxylic acids is 1. The molecule has 2 aromatic carbocycles.